The molecule has 12 heteroatoms. The Bertz CT molecular complexity index is 1010. The molecule has 27 heavy (non-hydrogen) atoms. The number of alkyl halides is 3. The highest BCUT2D eigenvalue weighted by molar-refractivity contribution is 7.89. The van der Waals surface area contributed by atoms with Crippen LogP contribution in [-0.2, 0) is 16.2 Å². The second kappa shape index (κ2) is 7.31. The molecule has 1 amide bonds. The van der Waals surface area contributed by atoms with Gasteiger partial charge in [0, 0.05) is 12.1 Å². The number of carbonyl (C=O) groups excluding carboxylic acids is 1. The third kappa shape index (κ3) is 5.30. The number of benzene rings is 2. The zero-order valence-corrected chi connectivity index (χ0v) is 14.8. The number of sulfonamides is 1. The molecule has 2 aromatic carbocycles. The summed E-state index contributed by atoms with van der Waals surface area (Å²) in [5.41, 5.74) is -2.05. The quantitative estimate of drug-likeness (QED) is 0.742. The van der Waals surface area contributed by atoms with Gasteiger partial charge < -0.3 is 4.74 Å². The molecule has 0 aromatic heterocycles. The topological polar surface area (TPSA) is 72.5 Å². The average Bonchev–Trinajstić information content (AvgIpc) is 2.47. The zero-order valence-electron chi connectivity index (χ0n) is 13.2. The first kappa shape index (κ1) is 20.9. The van der Waals surface area contributed by atoms with Gasteiger partial charge in [0.15, 0.2) is 11.6 Å². The lowest BCUT2D eigenvalue weighted by atomic mass is 10.2. The molecule has 2 aromatic rings. The van der Waals surface area contributed by atoms with Crippen LogP contribution < -0.4 is 9.46 Å². The molecule has 0 radical (unpaired) electrons. The lowest BCUT2D eigenvalue weighted by Gasteiger charge is -2.12. The van der Waals surface area contributed by atoms with Crippen molar-refractivity contribution in [2.24, 2.45) is 0 Å². The summed E-state index contributed by atoms with van der Waals surface area (Å²) < 4.78 is 94.4. The first-order valence-corrected chi connectivity index (χ1v) is 9.10. The first-order valence-electron chi connectivity index (χ1n) is 6.83. The van der Waals surface area contributed by atoms with Gasteiger partial charge in [-0.25, -0.2) is 21.9 Å². The third-order valence-corrected chi connectivity index (χ3v) is 3.89. The summed E-state index contributed by atoms with van der Waals surface area (Å²) in [6.07, 6.45) is -4.06. The normalized spacial score (nSPS) is 12.0. The molecule has 0 aliphatic carbocycles. The summed E-state index contributed by atoms with van der Waals surface area (Å²) in [5.74, 6) is -5.05. The Kier molecular flexibility index (Phi) is 5.66. The van der Waals surface area contributed by atoms with Crippen LogP contribution in [0.15, 0.2) is 30.3 Å². The van der Waals surface area contributed by atoms with Gasteiger partial charge in [-0.05, 0) is 18.2 Å². The highest BCUT2D eigenvalue weighted by Crippen LogP contribution is 2.37. The number of hydrogen-bond acceptors (Lipinski definition) is 4. The summed E-state index contributed by atoms with van der Waals surface area (Å²) in [6, 6.07) is 3.02. The second-order valence-corrected chi connectivity index (χ2v) is 7.36. The van der Waals surface area contributed by atoms with E-state index in [1.54, 1.807) is 0 Å². The summed E-state index contributed by atoms with van der Waals surface area (Å²) in [4.78, 5) is 11.6. The molecule has 146 valence electrons. The Morgan fingerprint density at radius 1 is 1.11 bits per heavy atom. The molecule has 1 N–H and O–H groups in total. The van der Waals surface area contributed by atoms with Crippen LogP contribution in [0.1, 0.15) is 15.9 Å². The summed E-state index contributed by atoms with van der Waals surface area (Å²) >= 11 is 5.50. The van der Waals surface area contributed by atoms with Crippen LogP contribution in [0.3, 0.4) is 0 Å². The number of halogens is 6. The summed E-state index contributed by atoms with van der Waals surface area (Å²) in [7, 11) is -4.01. The van der Waals surface area contributed by atoms with Gasteiger partial charge in [-0.3, -0.25) is 4.79 Å². The molecule has 0 spiro atoms. The van der Waals surface area contributed by atoms with E-state index in [1.165, 1.54) is 4.72 Å². The minimum absolute atomic E-state index is 0.320. The predicted octanol–water partition coefficient (Wildman–Crippen LogP) is 4.12. The van der Waals surface area contributed by atoms with E-state index in [4.69, 9.17) is 16.3 Å². The summed E-state index contributed by atoms with van der Waals surface area (Å²) in [5, 5.41) is -0.718. The van der Waals surface area contributed by atoms with Gasteiger partial charge in [-0.2, -0.15) is 13.2 Å². The predicted molar refractivity (Wildman–Crippen MR) is 85.2 cm³/mol. The maximum atomic E-state index is 14.0. The van der Waals surface area contributed by atoms with Crippen LogP contribution in [0.4, 0.5) is 22.0 Å². The van der Waals surface area contributed by atoms with Crippen molar-refractivity contribution < 1.29 is 39.9 Å². The zero-order chi connectivity index (χ0) is 20.6. The fourth-order valence-corrected chi connectivity index (χ4v) is 2.64. The van der Waals surface area contributed by atoms with E-state index in [1.807, 2.05) is 0 Å². The van der Waals surface area contributed by atoms with E-state index < -0.39 is 55.6 Å². The number of nitrogens with one attached hydrogen (secondary N) is 1. The minimum Gasteiger partial charge on any atom is -0.454 e. The van der Waals surface area contributed by atoms with Crippen LogP contribution in [0.2, 0.25) is 5.02 Å². The van der Waals surface area contributed by atoms with Gasteiger partial charge in [-0.1, -0.05) is 11.6 Å². The maximum absolute atomic E-state index is 14.0. The molecule has 0 heterocycles. The standard InChI is InChI=1S/C15H9ClF5NO4S/c1-27(24,25)22-14(23)8-5-12(18)13(6-11(8)17)26-7-2-3-9(10(16)4-7)15(19,20)21/h2-6H,1H3,(H,22,23). The van der Waals surface area contributed by atoms with Crippen LogP contribution in [0, 0.1) is 11.6 Å². The van der Waals surface area contributed by atoms with E-state index in [2.05, 4.69) is 0 Å². The second-order valence-electron chi connectivity index (χ2n) is 5.21. The molecule has 0 saturated carbocycles. The Morgan fingerprint density at radius 3 is 2.26 bits per heavy atom. The van der Waals surface area contributed by atoms with Gasteiger partial charge in [-0.15, -0.1) is 0 Å². The van der Waals surface area contributed by atoms with Crippen LogP contribution >= 0.6 is 11.6 Å². The molecule has 0 bridgehead atoms. The Hall–Kier alpha value is -2.40. The van der Waals surface area contributed by atoms with Crippen molar-refractivity contribution in [3.8, 4) is 11.5 Å². The first-order chi connectivity index (χ1) is 12.3. The third-order valence-electron chi connectivity index (χ3n) is 3.02. The number of carbonyl (C=O) groups is 1. The fraction of sp³-hybridized carbons (Fsp3) is 0.133. The molecule has 0 aliphatic heterocycles. The smallest absolute Gasteiger partial charge is 0.417 e. The molecule has 5 nitrogen and oxygen atoms in total. The van der Waals surface area contributed by atoms with Crippen molar-refractivity contribution >= 4 is 27.5 Å². The van der Waals surface area contributed by atoms with Gasteiger partial charge >= 0.3 is 6.18 Å². The molecule has 2 rings (SSSR count). The van der Waals surface area contributed by atoms with Gasteiger partial charge in [0.05, 0.1) is 22.4 Å². The molecular formula is C15H9ClF5NO4S. The molecule has 0 saturated heterocycles. The highest BCUT2D eigenvalue weighted by atomic mass is 35.5. The average molecular weight is 430 g/mol. The Morgan fingerprint density at radius 2 is 1.74 bits per heavy atom. The lowest BCUT2D eigenvalue weighted by Crippen LogP contribution is -2.30. The van der Waals surface area contributed by atoms with Crippen molar-refractivity contribution in [1.29, 1.82) is 0 Å². The van der Waals surface area contributed by atoms with E-state index in [0.29, 0.717) is 24.5 Å². The van der Waals surface area contributed by atoms with Crippen LogP contribution in [0.25, 0.3) is 0 Å². The van der Waals surface area contributed by atoms with Crippen molar-refractivity contribution in [2.45, 2.75) is 6.18 Å². The maximum Gasteiger partial charge on any atom is 0.417 e. The Balaban J connectivity index is 2.32. The number of rotatable bonds is 4. The van der Waals surface area contributed by atoms with Crippen molar-refractivity contribution in [2.75, 3.05) is 6.26 Å². The molecule has 0 aliphatic rings. The van der Waals surface area contributed by atoms with E-state index in [-0.39, 0.29) is 5.75 Å². The molecule has 0 fully saturated rings. The fourth-order valence-electron chi connectivity index (χ4n) is 1.92. The molecule has 0 atom stereocenters. The SMILES string of the molecule is CS(=O)(=O)NC(=O)c1cc(F)c(Oc2ccc(C(F)(F)F)c(Cl)c2)cc1F. The van der Waals surface area contributed by atoms with E-state index in [9.17, 15) is 35.2 Å². The minimum atomic E-state index is -4.71. The lowest BCUT2D eigenvalue weighted by molar-refractivity contribution is -0.137. The van der Waals surface area contributed by atoms with Gasteiger partial charge in [0.2, 0.25) is 10.0 Å². The number of hydrogen-bond donors (Lipinski definition) is 1. The van der Waals surface area contributed by atoms with Crippen molar-refractivity contribution in [1.82, 2.24) is 4.72 Å². The number of amides is 1. The molecule has 0 unspecified atom stereocenters. The van der Waals surface area contributed by atoms with Crippen LogP contribution in [-0.4, -0.2) is 20.6 Å². The highest BCUT2D eigenvalue weighted by Gasteiger charge is 2.33. The van der Waals surface area contributed by atoms with Gasteiger partial charge in [0.25, 0.3) is 5.91 Å². The largest absolute Gasteiger partial charge is 0.454 e. The Labute approximate surface area is 154 Å². The van der Waals surface area contributed by atoms with Gasteiger partial charge in [0.1, 0.15) is 11.6 Å². The van der Waals surface area contributed by atoms with Crippen molar-refractivity contribution in [3.63, 3.8) is 0 Å². The van der Waals surface area contributed by atoms with Crippen LogP contribution in [0.5, 0.6) is 11.5 Å². The van der Waals surface area contributed by atoms with Crippen molar-refractivity contribution in [3.05, 3.63) is 58.1 Å². The van der Waals surface area contributed by atoms with E-state index in [0.717, 1.165) is 12.1 Å². The van der Waals surface area contributed by atoms with E-state index >= 15 is 0 Å². The summed E-state index contributed by atoms with van der Waals surface area (Å²) in [6.45, 7) is 0. The molecular weight excluding hydrogens is 421 g/mol. The monoisotopic (exact) mass is 429 g/mol. The number of ether oxygens (including phenoxy) is 1.